The smallest absolute Gasteiger partial charge is 0.323 e. The van der Waals surface area contributed by atoms with Gasteiger partial charge in [0.2, 0.25) is 0 Å². The SMILES string of the molecule is O=C(O)Cn1c(=O)/c(=C\c2ccc3c(c2)C2CCCC2N3c2ccc(C=C(c3ccccc3)c3ccccc3)cc2)s/c1=C1/SC(=S)N(Cc2ccccc2)C1=O. The maximum Gasteiger partial charge on any atom is 0.323 e. The Kier molecular flexibility index (Phi) is 10.1. The van der Waals surface area contributed by atoms with E-state index in [4.69, 9.17) is 12.2 Å². The fraction of sp³-hybridized carbons (Fsp3) is 0.149. The van der Waals surface area contributed by atoms with Gasteiger partial charge in [-0.15, -0.1) is 11.3 Å². The molecule has 0 bridgehead atoms. The molecule has 1 N–H and O–H groups in total. The van der Waals surface area contributed by atoms with E-state index in [2.05, 4.69) is 95.9 Å². The number of anilines is 2. The number of carboxylic acids is 1. The number of fused-ring (bicyclic) bond motifs is 3. The van der Waals surface area contributed by atoms with Gasteiger partial charge in [0.15, 0.2) is 0 Å². The second-order valence-corrected chi connectivity index (χ2v) is 17.1. The van der Waals surface area contributed by atoms with Gasteiger partial charge in [0, 0.05) is 23.3 Å². The summed E-state index contributed by atoms with van der Waals surface area (Å²) in [6.45, 7) is -0.264. The molecule has 2 atom stereocenters. The minimum absolute atomic E-state index is 0.273. The molecule has 2 unspecified atom stereocenters. The van der Waals surface area contributed by atoms with Crippen LogP contribution in [-0.4, -0.2) is 36.8 Å². The largest absolute Gasteiger partial charge is 0.480 e. The molecule has 0 radical (unpaired) electrons. The number of amides is 1. The van der Waals surface area contributed by atoms with Crippen molar-refractivity contribution in [2.45, 2.75) is 44.3 Å². The monoisotopic (exact) mass is 803 g/mol. The lowest BCUT2D eigenvalue weighted by atomic mass is 9.95. The number of nitrogens with zero attached hydrogens (tertiary/aromatic N) is 3. The van der Waals surface area contributed by atoms with E-state index in [1.54, 1.807) is 0 Å². The van der Waals surface area contributed by atoms with Crippen LogP contribution in [0.2, 0.25) is 0 Å². The van der Waals surface area contributed by atoms with Crippen LogP contribution in [0.15, 0.2) is 138 Å². The molecule has 3 aliphatic rings. The highest BCUT2D eigenvalue weighted by molar-refractivity contribution is 8.30. The number of rotatable bonds is 9. The Labute approximate surface area is 343 Å². The summed E-state index contributed by atoms with van der Waals surface area (Å²) in [7, 11) is 0. The molecule has 2 fully saturated rings. The molecule has 9 rings (SSSR count). The number of thioether (sulfide) groups is 1. The predicted octanol–water partition coefficient (Wildman–Crippen LogP) is 8.37. The van der Waals surface area contributed by atoms with Gasteiger partial charge in [0.05, 0.1) is 11.1 Å². The van der Waals surface area contributed by atoms with Crippen molar-refractivity contribution in [1.29, 1.82) is 0 Å². The van der Waals surface area contributed by atoms with Gasteiger partial charge in [-0.25, -0.2) is 0 Å². The second kappa shape index (κ2) is 15.6. The van der Waals surface area contributed by atoms with Crippen molar-refractivity contribution in [1.82, 2.24) is 9.47 Å². The molecular weight excluding hydrogens is 767 g/mol. The van der Waals surface area contributed by atoms with Crippen molar-refractivity contribution >= 4 is 85.5 Å². The van der Waals surface area contributed by atoms with E-state index >= 15 is 0 Å². The summed E-state index contributed by atoms with van der Waals surface area (Å²) in [5, 5.41) is 9.77. The molecule has 1 saturated carbocycles. The quantitative estimate of drug-likeness (QED) is 0.116. The molecule has 10 heteroatoms. The van der Waals surface area contributed by atoms with E-state index < -0.39 is 18.1 Å². The second-order valence-electron chi connectivity index (χ2n) is 14.4. The Morgan fingerprint density at radius 3 is 2.12 bits per heavy atom. The minimum atomic E-state index is -1.16. The molecule has 2 aliphatic heterocycles. The number of hydrogen-bond donors (Lipinski definition) is 1. The molecule has 282 valence electrons. The van der Waals surface area contributed by atoms with Crippen molar-refractivity contribution in [2.24, 2.45) is 0 Å². The molecule has 3 heterocycles. The zero-order valence-corrected chi connectivity index (χ0v) is 33.2. The molecule has 1 amide bonds. The van der Waals surface area contributed by atoms with Gasteiger partial charge in [-0.3, -0.25) is 23.9 Å². The van der Waals surface area contributed by atoms with E-state index in [0.29, 0.717) is 32.0 Å². The first-order chi connectivity index (χ1) is 27.8. The van der Waals surface area contributed by atoms with Gasteiger partial charge >= 0.3 is 5.97 Å². The number of aromatic nitrogens is 1. The Morgan fingerprint density at radius 2 is 1.46 bits per heavy atom. The molecule has 57 heavy (non-hydrogen) atoms. The molecule has 5 aromatic carbocycles. The number of carboxylic acid groups (broad SMARTS) is 1. The molecule has 1 aliphatic carbocycles. The predicted molar refractivity (Wildman–Crippen MR) is 235 cm³/mol. The van der Waals surface area contributed by atoms with Crippen LogP contribution in [0, 0.1) is 0 Å². The van der Waals surface area contributed by atoms with Gasteiger partial charge in [-0.05, 0) is 88.2 Å². The number of benzene rings is 5. The highest BCUT2D eigenvalue weighted by Crippen LogP contribution is 2.52. The molecule has 1 aromatic heterocycles. The van der Waals surface area contributed by atoms with Gasteiger partial charge < -0.3 is 10.0 Å². The molecule has 7 nitrogen and oxygen atoms in total. The summed E-state index contributed by atoms with van der Waals surface area (Å²) in [6, 6.07) is 46.0. The number of thiocarbonyl (C=S) groups is 1. The normalized spacial score (nSPS) is 18.6. The van der Waals surface area contributed by atoms with Gasteiger partial charge in [-0.1, -0.05) is 140 Å². The molecule has 6 aromatic rings. The van der Waals surface area contributed by atoms with Crippen LogP contribution in [0.1, 0.15) is 58.6 Å². The lowest BCUT2D eigenvalue weighted by Gasteiger charge is -2.27. The lowest BCUT2D eigenvalue weighted by molar-refractivity contribution is -0.137. The van der Waals surface area contributed by atoms with Crippen molar-refractivity contribution in [3.05, 3.63) is 186 Å². The Hall–Kier alpha value is -5.81. The summed E-state index contributed by atoms with van der Waals surface area (Å²) >= 11 is 7.84. The van der Waals surface area contributed by atoms with E-state index in [-0.39, 0.29) is 10.8 Å². The Balaban J connectivity index is 1.05. The highest BCUT2D eigenvalue weighted by atomic mass is 32.2. The van der Waals surface area contributed by atoms with E-state index in [9.17, 15) is 19.5 Å². The van der Waals surface area contributed by atoms with Crippen molar-refractivity contribution < 1.29 is 14.7 Å². The maximum absolute atomic E-state index is 13.8. The summed E-state index contributed by atoms with van der Waals surface area (Å²) in [5.74, 6) is -1.13. The van der Waals surface area contributed by atoms with Crippen LogP contribution < -0.4 is 19.7 Å². The zero-order chi connectivity index (χ0) is 39.0. The first kappa shape index (κ1) is 36.8. The topological polar surface area (TPSA) is 82.8 Å². The molecule has 1 saturated heterocycles. The fourth-order valence-corrected chi connectivity index (χ4v) is 10.8. The van der Waals surface area contributed by atoms with Crippen LogP contribution in [-0.2, 0) is 22.7 Å². The first-order valence-electron chi connectivity index (χ1n) is 18.9. The summed E-state index contributed by atoms with van der Waals surface area (Å²) in [5.41, 5.74) is 9.54. The average Bonchev–Trinajstić information content (AvgIpc) is 3.98. The molecule has 0 spiro atoms. The third kappa shape index (κ3) is 7.20. The number of carbonyl (C=O) groups excluding carboxylic acids is 1. The minimum Gasteiger partial charge on any atom is -0.480 e. The number of aliphatic carboxylic acids is 1. The fourth-order valence-electron chi connectivity index (χ4n) is 8.31. The third-order valence-electron chi connectivity index (χ3n) is 10.9. The number of hydrogen-bond acceptors (Lipinski definition) is 7. The Bertz CT molecular complexity index is 2700. The standard InChI is InChI=1S/C47H37N3O4S3/c51-42(52)29-48-44(53)41(56-46(48)43-45(54)49(47(55)57-43)28-31-11-4-1-5-12-31)27-32-21-24-40-38(26-32)36-17-10-18-39(36)50(40)35-22-19-30(20-23-35)25-37(33-13-6-2-7-14-33)34-15-8-3-9-16-34/h1-9,11-16,19-27,36,39H,10,17-18,28-29H2,(H,51,52)/b41-27+,46-43+. The summed E-state index contributed by atoms with van der Waals surface area (Å²) in [6.07, 6.45) is 7.39. The van der Waals surface area contributed by atoms with Crippen LogP contribution in [0.4, 0.5) is 11.4 Å². The van der Waals surface area contributed by atoms with Crippen LogP contribution >= 0.6 is 35.3 Å². The van der Waals surface area contributed by atoms with Gasteiger partial charge in [0.25, 0.3) is 11.5 Å². The van der Waals surface area contributed by atoms with Crippen LogP contribution in [0.3, 0.4) is 0 Å². The van der Waals surface area contributed by atoms with Crippen molar-refractivity contribution in [2.75, 3.05) is 4.90 Å². The van der Waals surface area contributed by atoms with Crippen molar-refractivity contribution in [3.63, 3.8) is 0 Å². The van der Waals surface area contributed by atoms with Crippen molar-refractivity contribution in [3.8, 4) is 0 Å². The average molecular weight is 804 g/mol. The Morgan fingerprint density at radius 1 is 0.807 bits per heavy atom. The highest BCUT2D eigenvalue weighted by Gasteiger charge is 2.42. The zero-order valence-electron chi connectivity index (χ0n) is 30.8. The first-order valence-corrected chi connectivity index (χ1v) is 21.0. The van der Waals surface area contributed by atoms with Gasteiger partial charge in [0.1, 0.15) is 20.4 Å². The lowest BCUT2D eigenvalue weighted by Crippen LogP contribution is -2.35. The third-order valence-corrected chi connectivity index (χ3v) is 13.6. The number of carbonyl (C=O) groups is 2. The van der Waals surface area contributed by atoms with Crippen LogP contribution in [0.5, 0.6) is 0 Å². The molecular formula is C47H37N3O4S3. The summed E-state index contributed by atoms with van der Waals surface area (Å²) in [4.78, 5) is 43.8. The van der Waals surface area contributed by atoms with E-state index in [1.165, 1.54) is 37.4 Å². The maximum atomic E-state index is 13.8. The van der Waals surface area contributed by atoms with E-state index in [1.807, 2.05) is 54.6 Å². The summed E-state index contributed by atoms with van der Waals surface area (Å²) < 4.78 is 2.24. The van der Waals surface area contributed by atoms with E-state index in [0.717, 1.165) is 64.7 Å². The van der Waals surface area contributed by atoms with Crippen LogP contribution in [0.25, 0.3) is 22.6 Å². The number of thiazole rings is 1. The van der Waals surface area contributed by atoms with Gasteiger partial charge in [-0.2, -0.15) is 0 Å².